The van der Waals surface area contributed by atoms with E-state index in [1.54, 1.807) is 29.2 Å². The second-order valence-electron chi connectivity index (χ2n) is 8.55. The van der Waals surface area contributed by atoms with Gasteiger partial charge in [-0.25, -0.2) is 4.79 Å². The molecule has 10 heteroatoms. The molecule has 174 valence electrons. The minimum atomic E-state index is -0.507. The summed E-state index contributed by atoms with van der Waals surface area (Å²) in [4.78, 5) is 30.1. The average molecular weight is 447 g/mol. The van der Waals surface area contributed by atoms with E-state index in [2.05, 4.69) is 15.5 Å². The highest BCUT2D eigenvalue weighted by atomic mass is 16.6. The van der Waals surface area contributed by atoms with Crippen molar-refractivity contribution in [3.05, 3.63) is 35.7 Å². The number of piperidine rings is 1. The lowest BCUT2D eigenvalue weighted by Gasteiger charge is -2.33. The van der Waals surface area contributed by atoms with Crippen LogP contribution in [0, 0.1) is 0 Å². The maximum Gasteiger partial charge on any atom is 0.410 e. The minimum absolute atomic E-state index is 0.00681. The lowest BCUT2D eigenvalue weighted by molar-refractivity contribution is -0.0190. The van der Waals surface area contributed by atoms with E-state index in [1.165, 1.54) is 0 Å². The van der Waals surface area contributed by atoms with Crippen molar-refractivity contribution in [3.8, 4) is 11.5 Å². The van der Waals surface area contributed by atoms with Crippen LogP contribution in [0.4, 0.5) is 4.79 Å². The number of aliphatic hydroxyl groups is 1. The summed E-state index contributed by atoms with van der Waals surface area (Å²) >= 11 is 0. The van der Waals surface area contributed by atoms with Crippen LogP contribution in [0.1, 0.15) is 49.8 Å². The molecule has 1 fully saturated rings. The summed E-state index contributed by atoms with van der Waals surface area (Å²) in [5.41, 5.74) is 0.657. The molecule has 0 saturated carbocycles. The Labute approximate surface area is 186 Å². The molecular formula is C22H30N4O6. The molecule has 1 aromatic carbocycles. The van der Waals surface area contributed by atoms with Crippen LogP contribution in [-0.4, -0.2) is 70.1 Å². The fourth-order valence-electron chi connectivity index (χ4n) is 3.19. The SMILES string of the molecule is CC(C)(C)OC(=O)N1CCC(OCc2noc(-c3ccc(C(=O)NCCO)cc3)n2)CC1. The predicted molar refractivity (Wildman–Crippen MR) is 115 cm³/mol. The van der Waals surface area contributed by atoms with Crippen molar-refractivity contribution in [3.63, 3.8) is 0 Å². The molecule has 1 saturated heterocycles. The van der Waals surface area contributed by atoms with Crippen molar-refractivity contribution < 1.29 is 28.7 Å². The first-order valence-corrected chi connectivity index (χ1v) is 10.7. The van der Waals surface area contributed by atoms with Gasteiger partial charge in [0.05, 0.1) is 12.7 Å². The van der Waals surface area contributed by atoms with Gasteiger partial charge in [-0.3, -0.25) is 4.79 Å². The van der Waals surface area contributed by atoms with Gasteiger partial charge in [-0.05, 0) is 57.9 Å². The molecule has 0 aliphatic carbocycles. The van der Waals surface area contributed by atoms with Crippen LogP contribution in [0.5, 0.6) is 0 Å². The molecule has 10 nitrogen and oxygen atoms in total. The normalized spacial score (nSPS) is 14.9. The van der Waals surface area contributed by atoms with E-state index in [9.17, 15) is 9.59 Å². The van der Waals surface area contributed by atoms with Gasteiger partial charge in [-0.2, -0.15) is 4.98 Å². The number of hydrogen-bond donors (Lipinski definition) is 2. The summed E-state index contributed by atoms with van der Waals surface area (Å²) in [6, 6.07) is 6.75. The average Bonchev–Trinajstić information content (AvgIpc) is 3.24. The molecule has 0 atom stereocenters. The first-order chi connectivity index (χ1) is 15.2. The lowest BCUT2D eigenvalue weighted by atomic mass is 10.1. The van der Waals surface area contributed by atoms with Crippen LogP contribution in [0.25, 0.3) is 11.5 Å². The third-order valence-electron chi connectivity index (χ3n) is 4.80. The highest BCUT2D eigenvalue weighted by Crippen LogP contribution is 2.20. The lowest BCUT2D eigenvalue weighted by Crippen LogP contribution is -2.43. The number of likely N-dealkylation sites (tertiary alicyclic amines) is 1. The van der Waals surface area contributed by atoms with E-state index in [1.807, 2.05) is 20.8 Å². The van der Waals surface area contributed by atoms with Gasteiger partial charge in [0.2, 0.25) is 0 Å². The van der Waals surface area contributed by atoms with Crippen molar-refractivity contribution in [1.82, 2.24) is 20.4 Å². The number of carbonyl (C=O) groups is 2. The Bertz CT molecular complexity index is 898. The second kappa shape index (κ2) is 10.6. The molecule has 1 aliphatic heterocycles. The summed E-state index contributed by atoms with van der Waals surface area (Å²) in [5, 5.41) is 15.3. The summed E-state index contributed by atoms with van der Waals surface area (Å²) < 4.78 is 16.6. The fraction of sp³-hybridized carbons (Fsp3) is 0.545. The van der Waals surface area contributed by atoms with Crippen molar-refractivity contribution in [2.75, 3.05) is 26.2 Å². The molecule has 1 aromatic heterocycles. The fourth-order valence-corrected chi connectivity index (χ4v) is 3.19. The van der Waals surface area contributed by atoms with Crippen LogP contribution < -0.4 is 5.32 Å². The van der Waals surface area contributed by atoms with Crippen LogP contribution >= 0.6 is 0 Å². The van der Waals surface area contributed by atoms with Crippen molar-refractivity contribution in [1.29, 1.82) is 0 Å². The van der Waals surface area contributed by atoms with Gasteiger partial charge < -0.3 is 29.3 Å². The first kappa shape index (κ1) is 23.7. The Morgan fingerprint density at radius 2 is 1.91 bits per heavy atom. The van der Waals surface area contributed by atoms with Gasteiger partial charge in [-0.1, -0.05) is 5.16 Å². The molecule has 2 N–H and O–H groups in total. The van der Waals surface area contributed by atoms with Crippen LogP contribution in [-0.2, 0) is 16.1 Å². The van der Waals surface area contributed by atoms with Crippen molar-refractivity contribution in [2.24, 2.45) is 0 Å². The Hall–Kier alpha value is -2.98. The smallest absolute Gasteiger partial charge is 0.410 e. The number of aliphatic hydroxyl groups excluding tert-OH is 1. The molecule has 3 rings (SSSR count). The first-order valence-electron chi connectivity index (χ1n) is 10.7. The zero-order valence-corrected chi connectivity index (χ0v) is 18.7. The molecule has 0 unspecified atom stereocenters. The van der Waals surface area contributed by atoms with Gasteiger partial charge in [0.1, 0.15) is 12.2 Å². The summed E-state index contributed by atoms with van der Waals surface area (Å²) in [6.07, 6.45) is 1.14. The number of amides is 2. The van der Waals surface area contributed by atoms with Gasteiger partial charge in [0.15, 0.2) is 5.82 Å². The molecule has 32 heavy (non-hydrogen) atoms. The molecule has 0 spiro atoms. The third-order valence-corrected chi connectivity index (χ3v) is 4.80. The molecule has 0 bridgehead atoms. The zero-order chi connectivity index (χ0) is 23.1. The maximum atomic E-state index is 12.1. The number of carbonyl (C=O) groups excluding carboxylic acids is 2. The quantitative estimate of drug-likeness (QED) is 0.664. The Morgan fingerprint density at radius 3 is 2.53 bits per heavy atom. The number of benzene rings is 1. The number of ether oxygens (including phenoxy) is 2. The van der Waals surface area contributed by atoms with Crippen LogP contribution in [0.15, 0.2) is 28.8 Å². The second-order valence-corrected chi connectivity index (χ2v) is 8.55. The van der Waals surface area contributed by atoms with E-state index < -0.39 is 5.60 Å². The minimum Gasteiger partial charge on any atom is -0.444 e. The number of nitrogens with one attached hydrogen (secondary N) is 1. The van der Waals surface area contributed by atoms with E-state index >= 15 is 0 Å². The van der Waals surface area contributed by atoms with E-state index in [0.717, 1.165) is 0 Å². The Balaban J connectivity index is 1.46. The Morgan fingerprint density at radius 1 is 1.22 bits per heavy atom. The molecule has 2 aromatic rings. The van der Waals surface area contributed by atoms with Gasteiger partial charge in [0.25, 0.3) is 11.8 Å². The third kappa shape index (κ3) is 6.76. The van der Waals surface area contributed by atoms with Gasteiger partial charge >= 0.3 is 6.09 Å². The number of hydrogen-bond acceptors (Lipinski definition) is 8. The van der Waals surface area contributed by atoms with E-state index in [4.69, 9.17) is 19.1 Å². The van der Waals surface area contributed by atoms with Crippen LogP contribution in [0.2, 0.25) is 0 Å². The molecular weight excluding hydrogens is 416 g/mol. The number of rotatable bonds is 7. The van der Waals surface area contributed by atoms with Crippen molar-refractivity contribution in [2.45, 2.75) is 51.9 Å². The number of aromatic nitrogens is 2. The molecule has 0 radical (unpaired) electrons. The van der Waals surface area contributed by atoms with E-state index in [-0.39, 0.29) is 37.9 Å². The Kier molecular flexibility index (Phi) is 7.81. The van der Waals surface area contributed by atoms with Crippen molar-refractivity contribution >= 4 is 12.0 Å². The standard InChI is InChI=1S/C22H30N4O6/c1-22(2,3)31-21(29)26-11-8-17(9-12-26)30-14-18-24-20(32-25-18)16-6-4-15(5-7-16)19(28)23-10-13-27/h4-7,17,27H,8-14H2,1-3H3,(H,23,28). The number of nitrogens with zero attached hydrogens (tertiary/aromatic N) is 3. The highest BCUT2D eigenvalue weighted by molar-refractivity contribution is 5.94. The highest BCUT2D eigenvalue weighted by Gasteiger charge is 2.27. The maximum absolute atomic E-state index is 12.1. The molecule has 2 amide bonds. The van der Waals surface area contributed by atoms with Gasteiger partial charge in [0, 0.05) is 30.8 Å². The van der Waals surface area contributed by atoms with Crippen LogP contribution in [0.3, 0.4) is 0 Å². The topological polar surface area (TPSA) is 127 Å². The summed E-state index contributed by atoms with van der Waals surface area (Å²) in [7, 11) is 0. The zero-order valence-electron chi connectivity index (χ0n) is 18.7. The van der Waals surface area contributed by atoms with Gasteiger partial charge in [-0.15, -0.1) is 0 Å². The predicted octanol–water partition coefficient (Wildman–Crippen LogP) is 2.37. The monoisotopic (exact) mass is 446 g/mol. The summed E-state index contributed by atoms with van der Waals surface area (Å²) in [5.74, 6) is 0.507. The molecule has 2 heterocycles. The largest absolute Gasteiger partial charge is 0.444 e. The van der Waals surface area contributed by atoms with E-state index in [0.29, 0.717) is 48.8 Å². The summed E-state index contributed by atoms with van der Waals surface area (Å²) in [6.45, 7) is 7.01. The molecule has 1 aliphatic rings.